The number of aromatic nitrogens is 4. The summed E-state index contributed by atoms with van der Waals surface area (Å²) in [5.74, 6) is 1.24. The lowest BCUT2D eigenvalue weighted by Crippen LogP contribution is -2.35. The molecule has 0 spiro atoms. The van der Waals surface area contributed by atoms with Crippen LogP contribution in [-0.4, -0.2) is 51.3 Å². The van der Waals surface area contributed by atoms with Gasteiger partial charge in [0.15, 0.2) is 0 Å². The van der Waals surface area contributed by atoms with Gasteiger partial charge in [-0.05, 0) is 6.07 Å². The van der Waals surface area contributed by atoms with Crippen molar-refractivity contribution in [2.75, 3.05) is 26.3 Å². The molecule has 1 aliphatic rings. The minimum Gasteiger partial charge on any atom is -0.379 e. The molecular formula is C17H17N5O2. The average molecular weight is 323 g/mol. The van der Waals surface area contributed by atoms with E-state index >= 15 is 0 Å². The first-order valence-electron chi connectivity index (χ1n) is 7.88. The number of ether oxygens (including phenoxy) is 1. The van der Waals surface area contributed by atoms with E-state index < -0.39 is 0 Å². The van der Waals surface area contributed by atoms with Crippen LogP contribution in [-0.2, 0) is 11.3 Å². The fourth-order valence-corrected chi connectivity index (χ4v) is 2.64. The van der Waals surface area contributed by atoms with Gasteiger partial charge in [-0.3, -0.25) is 4.90 Å². The maximum atomic E-state index is 5.37. The fourth-order valence-electron chi connectivity index (χ4n) is 2.64. The molecule has 0 amide bonds. The van der Waals surface area contributed by atoms with Crippen LogP contribution in [0.25, 0.3) is 22.6 Å². The van der Waals surface area contributed by atoms with E-state index in [4.69, 9.17) is 9.26 Å². The lowest BCUT2D eigenvalue weighted by atomic mass is 10.1. The second-order valence-corrected chi connectivity index (χ2v) is 5.57. The molecule has 1 aliphatic heterocycles. The van der Waals surface area contributed by atoms with E-state index in [0.29, 0.717) is 18.3 Å². The van der Waals surface area contributed by atoms with Gasteiger partial charge in [-0.2, -0.15) is 4.98 Å². The SMILES string of the molecule is c1cc(-c2ccc(-c3noc(CN4CCOCC4)n3)cc2)ncn1. The fraction of sp³-hybridized carbons (Fsp3) is 0.294. The number of morpholine rings is 1. The summed E-state index contributed by atoms with van der Waals surface area (Å²) in [7, 11) is 0. The Morgan fingerprint density at radius 2 is 1.79 bits per heavy atom. The molecule has 2 aromatic heterocycles. The van der Waals surface area contributed by atoms with Gasteiger partial charge in [0.25, 0.3) is 0 Å². The van der Waals surface area contributed by atoms with Crippen LogP contribution in [0.4, 0.5) is 0 Å². The van der Waals surface area contributed by atoms with Gasteiger partial charge in [-0.25, -0.2) is 9.97 Å². The Morgan fingerprint density at radius 3 is 2.54 bits per heavy atom. The number of rotatable bonds is 4. The minimum absolute atomic E-state index is 0.604. The second-order valence-electron chi connectivity index (χ2n) is 5.57. The Morgan fingerprint density at radius 1 is 1.00 bits per heavy atom. The van der Waals surface area contributed by atoms with Gasteiger partial charge in [0, 0.05) is 30.4 Å². The maximum absolute atomic E-state index is 5.37. The molecule has 1 aromatic carbocycles. The highest BCUT2D eigenvalue weighted by Gasteiger charge is 2.15. The number of benzene rings is 1. The maximum Gasteiger partial charge on any atom is 0.241 e. The average Bonchev–Trinajstić information content (AvgIpc) is 3.12. The number of hydrogen-bond donors (Lipinski definition) is 0. The highest BCUT2D eigenvalue weighted by atomic mass is 16.5. The summed E-state index contributed by atoms with van der Waals surface area (Å²) in [6.45, 7) is 3.96. The van der Waals surface area contributed by atoms with E-state index in [2.05, 4.69) is 25.0 Å². The van der Waals surface area contributed by atoms with Crippen molar-refractivity contribution < 1.29 is 9.26 Å². The van der Waals surface area contributed by atoms with Gasteiger partial charge >= 0.3 is 0 Å². The third-order valence-electron chi connectivity index (χ3n) is 3.95. The van der Waals surface area contributed by atoms with Gasteiger partial charge in [0.05, 0.1) is 25.5 Å². The van der Waals surface area contributed by atoms with Gasteiger partial charge in [-0.15, -0.1) is 0 Å². The first-order chi connectivity index (χ1) is 11.9. The Hall–Kier alpha value is -2.64. The standard InChI is InChI=1S/C17H17N5O2/c1-3-14(4-2-13(1)15-5-6-18-12-19-15)17-20-16(24-21-17)11-22-7-9-23-10-8-22/h1-6,12H,7-11H2. The van der Waals surface area contributed by atoms with E-state index in [9.17, 15) is 0 Å². The van der Waals surface area contributed by atoms with Crippen molar-refractivity contribution >= 4 is 0 Å². The summed E-state index contributed by atoms with van der Waals surface area (Å²) in [6.07, 6.45) is 3.27. The molecule has 1 saturated heterocycles. The van der Waals surface area contributed by atoms with Crippen molar-refractivity contribution in [2.24, 2.45) is 0 Å². The van der Waals surface area contributed by atoms with E-state index in [-0.39, 0.29) is 0 Å². The van der Waals surface area contributed by atoms with Crippen LogP contribution >= 0.6 is 0 Å². The zero-order valence-electron chi connectivity index (χ0n) is 13.1. The molecule has 3 heterocycles. The Labute approximate surface area is 139 Å². The van der Waals surface area contributed by atoms with Crippen molar-refractivity contribution in [2.45, 2.75) is 6.54 Å². The van der Waals surface area contributed by atoms with Gasteiger partial charge < -0.3 is 9.26 Å². The zero-order valence-corrected chi connectivity index (χ0v) is 13.1. The molecule has 0 atom stereocenters. The molecule has 0 unspecified atom stereocenters. The third kappa shape index (κ3) is 3.32. The smallest absolute Gasteiger partial charge is 0.241 e. The monoisotopic (exact) mass is 323 g/mol. The number of nitrogens with zero attached hydrogens (tertiary/aromatic N) is 5. The van der Waals surface area contributed by atoms with Crippen molar-refractivity contribution in [3.05, 3.63) is 48.7 Å². The molecule has 7 nitrogen and oxygen atoms in total. The summed E-state index contributed by atoms with van der Waals surface area (Å²) in [4.78, 5) is 14.9. The second kappa shape index (κ2) is 6.86. The Kier molecular flexibility index (Phi) is 4.26. The van der Waals surface area contributed by atoms with Crippen LogP contribution < -0.4 is 0 Å². The lowest BCUT2D eigenvalue weighted by molar-refractivity contribution is 0.0297. The Balaban J connectivity index is 1.48. The molecule has 122 valence electrons. The van der Waals surface area contributed by atoms with Crippen molar-refractivity contribution in [1.82, 2.24) is 25.0 Å². The van der Waals surface area contributed by atoms with Crippen LogP contribution in [0.2, 0.25) is 0 Å². The number of hydrogen-bond acceptors (Lipinski definition) is 7. The quantitative estimate of drug-likeness (QED) is 0.727. The van der Waals surface area contributed by atoms with Crippen LogP contribution in [0.3, 0.4) is 0 Å². The Bertz CT molecular complexity index is 782. The third-order valence-corrected chi connectivity index (χ3v) is 3.95. The van der Waals surface area contributed by atoms with Crippen molar-refractivity contribution in [1.29, 1.82) is 0 Å². The minimum atomic E-state index is 0.604. The van der Waals surface area contributed by atoms with E-state index in [1.807, 2.05) is 30.3 Å². The van der Waals surface area contributed by atoms with Crippen LogP contribution in [0.15, 0.2) is 47.4 Å². The summed E-state index contributed by atoms with van der Waals surface area (Å²) >= 11 is 0. The lowest BCUT2D eigenvalue weighted by Gasteiger charge is -2.24. The highest BCUT2D eigenvalue weighted by molar-refractivity contribution is 5.64. The van der Waals surface area contributed by atoms with Gasteiger partial charge in [-0.1, -0.05) is 29.4 Å². The van der Waals surface area contributed by atoms with Crippen molar-refractivity contribution in [3.63, 3.8) is 0 Å². The molecule has 24 heavy (non-hydrogen) atoms. The molecule has 0 aliphatic carbocycles. The van der Waals surface area contributed by atoms with E-state index in [0.717, 1.165) is 43.1 Å². The largest absolute Gasteiger partial charge is 0.379 e. The van der Waals surface area contributed by atoms with E-state index in [1.165, 1.54) is 0 Å². The predicted octanol–water partition coefficient (Wildman–Crippen LogP) is 2.03. The summed E-state index contributed by atoms with van der Waals surface area (Å²) < 4.78 is 10.7. The van der Waals surface area contributed by atoms with Gasteiger partial charge in [0.1, 0.15) is 6.33 Å². The van der Waals surface area contributed by atoms with Gasteiger partial charge in [0.2, 0.25) is 11.7 Å². The molecule has 4 rings (SSSR count). The molecule has 7 heteroatoms. The summed E-state index contributed by atoms with van der Waals surface area (Å²) in [6, 6.07) is 9.82. The van der Waals surface area contributed by atoms with Crippen LogP contribution in [0.1, 0.15) is 5.89 Å². The molecule has 1 fully saturated rings. The van der Waals surface area contributed by atoms with Crippen LogP contribution in [0, 0.1) is 0 Å². The zero-order chi connectivity index (χ0) is 16.2. The molecule has 3 aromatic rings. The van der Waals surface area contributed by atoms with Crippen molar-refractivity contribution in [3.8, 4) is 22.6 Å². The molecule has 0 N–H and O–H groups in total. The normalized spacial score (nSPS) is 15.5. The molecule has 0 bridgehead atoms. The molecule has 0 saturated carbocycles. The summed E-state index contributed by atoms with van der Waals surface area (Å²) in [5.41, 5.74) is 2.83. The predicted molar refractivity (Wildman–Crippen MR) is 86.9 cm³/mol. The summed E-state index contributed by atoms with van der Waals surface area (Å²) in [5, 5.41) is 4.08. The highest BCUT2D eigenvalue weighted by Crippen LogP contribution is 2.22. The topological polar surface area (TPSA) is 77.2 Å². The van der Waals surface area contributed by atoms with E-state index in [1.54, 1.807) is 12.5 Å². The first-order valence-corrected chi connectivity index (χ1v) is 7.88. The molecule has 0 radical (unpaired) electrons. The van der Waals surface area contributed by atoms with Crippen LogP contribution in [0.5, 0.6) is 0 Å². The molecular weight excluding hydrogens is 306 g/mol. The first kappa shape index (κ1) is 14.9.